The summed E-state index contributed by atoms with van der Waals surface area (Å²) in [5.41, 5.74) is 1.83. The van der Waals surface area contributed by atoms with Crippen LogP contribution in [-0.2, 0) is 16.0 Å². The summed E-state index contributed by atoms with van der Waals surface area (Å²) >= 11 is 0. The molecule has 0 aromatic heterocycles. The van der Waals surface area contributed by atoms with E-state index in [9.17, 15) is 4.79 Å². The van der Waals surface area contributed by atoms with Gasteiger partial charge in [0.1, 0.15) is 0 Å². The molecule has 1 aliphatic rings. The van der Waals surface area contributed by atoms with Crippen molar-refractivity contribution in [3.05, 3.63) is 35.4 Å². The van der Waals surface area contributed by atoms with E-state index in [4.69, 9.17) is 9.47 Å². The average Bonchev–Trinajstić information content (AvgIpc) is 3.27. The topological polar surface area (TPSA) is 75.2 Å². The van der Waals surface area contributed by atoms with Crippen molar-refractivity contribution in [3.63, 3.8) is 0 Å². The highest BCUT2D eigenvalue weighted by Crippen LogP contribution is 2.12. The van der Waals surface area contributed by atoms with Crippen molar-refractivity contribution in [1.82, 2.24) is 15.5 Å². The van der Waals surface area contributed by atoms with E-state index in [0.717, 1.165) is 76.0 Å². The fraction of sp³-hybridized carbons (Fsp3) is 0.636. The van der Waals surface area contributed by atoms with Crippen molar-refractivity contribution in [2.45, 2.75) is 33.2 Å². The van der Waals surface area contributed by atoms with Gasteiger partial charge in [-0.25, -0.2) is 0 Å². The highest BCUT2D eigenvalue weighted by molar-refractivity contribution is 14.0. The van der Waals surface area contributed by atoms with Crippen LogP contribution < -0.4 is 10.6 Å². The number of hydrogen-bond donors (Lipinski definition) is 2. The smallest absolute Gasteiger partial charge is 0.253 e. The van der Waals surface area contributed by atoms with Gasteiger partial charge in [-0.1, -0.05) is 12.1 Å². The molecule has 1 aromatic rings. The highest BCUT2D eigenvalue weighted by atomic mass is 127. The third-order valence-corrected chi connectivity index (χ3v) is 5.07. The lowest BCUT2D eigenvalue weighted by Crippen LogP contribution is -2.37. The first-order chi connectivity index (χ1) is 14.2. The maximum absolute atomic E-state index is 12.4. The Labute approximate surface area is 198 Å². The lowest BCUT2D eigenvalue weighted by molar-refractivity contribution is 0.0773. The minimum Gasteiger partial charge on any atom is -0.381 e. The van der Waals surface area contributed by atoms with Gasteiger partial charge in [0.05, 0.1) is 13.2 Å². The zero-order valence-corrected chi connectivity index (χ0v) is 20.8. The quantitative estimate of drug-likeness (QED) is 0.199. The molecule has 0 spiro atoms. The van der Waals surface area contributed by atoms with Gasteiger partial charge in [0.15, 0.2) is 5.96 Å². The van der Waals surface area contributed by atoms with Gasteiger partial charge < -0.3 is 25.0 Å². The molecule has 1 fully saturated rings. The molecule has 1 aliphatic heterocycles. The Bertz CT molecular complexity index is 630. The largest absolute Gasteiger partial charge is 0.381 e. The lowest BCUT2D eigenvalue weighted by Gasteiger charge is -2.18. The Morgan fingerprint density at radius 3 is 2.57 bits per heavy atom. The van der Waals surface area contributed by atoms with E-state index in [2.05, 4.69) is 15.6 Å². The summed E-state index contributed by atoms with van der Waals surface area (Å²) < 4.78 is 11.1. The predicted octanol–water partition coefficient (Wildman–Crippen LogP) is 2.89. The molecule has 1 unspecified atom stereocenters. The van der Waals surface area contributed by atoms with Crippen LogP contribution in [0.15, 0.2) is 29.3 Å². The van der Waals surface area contributed by atoms with E-state index in [0.29, 0.717) is 12.5 Å². The number of halogens is 1. The summed E-state index contributed by atoms with van der Waals surface area (Å²) in [5, 5.41) is 6.60. The Morgan fingerprint density at radius 2 is 1.97 bits per heavy atom. The number of ether oxygens (including phenoxy) is 2. The third kappa shape index (κ3) is 9.18. The van der Waals surface area contributed by atoms with E-state index in [1.165, 1.54) is 0 Å². The van der Waals surface area contributed by atoms with E-state index in [1.54, 1.807) is 7.05 Å². The summed E-state index contributed by atoms with van der Waals surface area (Å²) in [6.45, 7) is 10.1. The summed E-state index contributed by atoms with van der Waals surface area (Å²) in [6, 6.07) is 7.75. The first-order valence-corrected chi connectivity index (χ1v) is 10.7. The molecule has 0 aliphatic carbocycles. The number of carbonyl (C=O) groups excluding carboxylic acids is 1. The lowest BCUT2D eigenvalue weighted by atomic mass is 10.1. The number of nitrogens with one attached hydrogen (secondary N) is 2. The van der Waals surface area contributed by atoms with Crippen molar-refractivity contribution in [3.8, 4) is 0 Å². The monoisotopic (exact) mass is 532 g/mol. The van der Waals surface area contributed by atoms with Gasteiger partial charge in [-0.3, -0.25) is 9.79 Å². The number of carbonyl (C=O) groups is 1. The Kier molecular flexibility index (Phi) is 13.7. The molecule has 0 radical (unpaired) electrons. The van der Waals surface area contributed by atoms with Crippen molar-refractivity contribution < 1.29 is 14.3 Å². The van der Waals surface area contributed by atoms with Crippen LogP contribution in [0.1, 0.15) is 42.6 Å². The molecule has 2 rings (SSSR count). The van der Waals surface area contributed by atoms with Gasteiger partial charge in [0, 0.05) is 57.9 Å². The number of hydrogen-bond acceptors (Lipinski definition) is 4. The first kappa shape index (κ1) is 26.6. The van der Waals surface area contributed by atoms with Gasteiger partial charge >= 0.3 is 0 Å². The normalized spacial score (nSPS) is 16.1. The van der Waals surface area contributed by atoms with Crippen molar-refractivity contribution in [2.75, 3.05) is 53.1 Å². The van der Waals surface area contributed by atoms with Crippen LogP contribution in [0, 0.1) is 5.92 Å². The fourth-order valence-electron chi connectivity index (χ4n) is 3.21. The second-order valence-electron chi connectivity index (χ2n) is 7.18. The van der Waals surface area contributed by atoms with Crippen LogP contribution in [0.5, 0.6) is 0 Å². The molecule has 1 saturated heterocycles. The second-order valence-corrected chi connectivity index (χ2v) is 7.18. The van der Waals surface area contributed by atoms with E-state index < -0.39 is 0 Å². The predicted molar refractivity (Wildman–Crippen MR) is 132 cm³/mol. The Morgan fingerprint density at radius 1 is 1.23 bits per heavy atom. The number of guanidine groups is 1. The minimum absolute atomic E-state index is 0. The zero-order chi connectivity index (χ0) is 20.9. The maximum atomic E-state index is 12.4. The number of aliphatic imine (C=N–C) groups is 1. The number of nitrogens with zero attached hydrogens (tertiary/aromatic N) is 2. The Hall–Kier alpha value is -1.39. The van der Waals surface area contributed by atoms with Gasteiger partial charge in [-0.15, -0.1) is 24.0 Å². The van der Waals surface area contributed by atoms with Crippen LogP contribution in [0.2, 0.25) is 0 Å². The van der Waals surface area contributed by atoms with Gasteiger partial charge in [0.2, 0.25) is 0 Å². The van der Waals surface area contributed by atoms with Crippen LogP contribution in [0.4, 0.5) is 0 Å². The molecule has 170 valence electrons. The molecule has 1 amide bonds. The zero-order valence-electron chi connectivity index (χ0n) is 18.5. The van der Waals surface area contributed by atoms with Crippen molar-refractivity contribution in [2.24, 2.45) is 10.9 Å². The number of rotatable bonds is 11. The van der Waals surface area contributed by atoms with Gasteiger partial charge in [-0.05, 0) is 44.4 Å². The van der Waals surface area contributed by atoms with Crippen molar-refractivity contribution in [1.29, 1.82) is 0 Å². The molecule has 0 bridgehead atoms. The van der Waals surface area contributed by atoms with E-state index >= 15 is 0 Å². The fourth-order valence-corrected chi connectivity index (χ4v) is 3.21. The average molecular weight is 532 g/mol. The molecule has 7 nitrogen and oxygen atoms in total. The molecule has 8 heteroatoms. The SMILES string of the molecule is CCN(CC)C(=O)c1ccc(CNC(=NC)NCCCOCC2CCOC2)cc1.I. The van der Waals surface area contributed by atoms with Crippen LogP contribution in [0.25, 0.3) is 0 Å². The summed E-state index contributed by atoms with van der Waals surface area (Å²) in [4.78, 5) is 18.4. The van der Waals surface area contributed by atoms with Crippen LogP contribution >= 0.6 is 24.0 Å². The molecular weight excluding hydrogens is 495 g/mol. The molecule has 1 atom stereocenters. The maximum Gasteiger partial charge on any atom is 0.253 e. The van der Waals surface area contributed by atoms with Gasteiger partial charge in [0.25, 0.3) is 5.91 Å². The summed E-state index contributed by atoms with van der Waals surface area (Å²) in [6.07, 6.45) is 2.04. The molecule has 1 aromatic carbocycles. The minimum atomic E-state index is 0. The summed E-state index contributed by atoms with van der Waals surface area (Å²) in [5.74, 6) is 1.40. The highest BCUT2D eigenvalue weighted by Gasteiger charge is 2.15. The van der Waals surface area contributed by atoms with Crippen LogP contribution in [0.3, 0.4) is 0 Å². The second kappa shape index (κ2) is 15.4. The Balaban J connectivity index is 0.00000450. The van der Waals surface area contributed by atoms with Crippen LogP contribution in [-0.4, -0.2) is 69.9 Å². The first-order valence-electron chi connectivity index (χ1n) is 10.7. The summed E-state index contributed by atoms with van der Waals surface area (Å²) in [7, 11) is 1.76. The molecule has 30 heavy (non-hydrogen) atoms. The van der Waals surface area contributed by atoms with E-state index in [1.807, 2.05) is 43.0 Å². The molecule has 2 N–H and O–H groups in total. The molecular formula is C22H37IN4O3. The van der Waals surface area contributed by atoms with E-state index in [-0.39, 0.29) is 29.9 Å². The third-order valence-electron chi connectivity index (χ3n) is 5.07. The number of benzene rings is 1. The molecule has 1 heterocycles. The van der Waals surface area contributed by atoms with Crippen molar-refractivity contribution >= 4 is 35.8 Å². The number of amides is 1. The molecule has 0 saturated carbocycles. The van der Waals surface area contributed by atoms with Gasteiger partial charge in [-0.2, -0.15) is 0 Å². The standard InChI is InChI=1S/C22H36N4O3.HI/c1-4-26(5-2)21(27)20-9-7-18(8-10-20)15-25-22(23-3)24-12-6-13-28-16-19-11-14-29-17-19;/h7-10,19H,4-6,11-17H2,1-3H3,(H2,23,24,25);1H.